The van der Waals surface area contributed by atoms with Crippen LogP contribution in [0.3, 0.4) is 0 Å². The molecular weight excluding hydrogens is 512 g/mol. The SMILES string of the molecule is CN=S(C)(=O)NCc1cnc(Cl)nc1Oc1cnc2c(ccc3sc4c(c32)NC[C@@H](C)NC4=O)n1. The first-order valence-electron chi connectivity index (χ1n) is 10.5. The highest BCUT2D eigenvalue weighted by molar-refractivity contribution is 7.90. The highest BCUT2D eigenvalue weighted by Crippen LogP contribution is 2.40. The number of thiophene rings is 1. The fraction of sp³-hybridized carbons (Fsp3) is 0.286. The predicted octanol–water partition coefficient (Wildman–Crippen LogP) is 3.36. The average Bonchev–Trinajstić information content (AvgIpc) is 3.15. The molecule has 0 aliphatic carbocycles. The van der Waals surface area contributed by atoms with Crippen molar-refractivity contribution in [1.82, 2.24) is 30.0 Å². The second-order valence-electron chi connectivity index (χ2n) is 7.95. The monoisotopic (exact) mass is 532 g/mol. The van der Waals surface area contributed by atoms with E-state index in [0.29, 0.717) is 28.0 Å². The molecule has 4 aromatic rings. The standard InChI is InChI=1S/C21H21ClN8O3S2/c1-10-6-24-17-15-13(34-18(17)19(31)28-10)5-4-12-16(15)25-9-14(29-12)33-20-11(7-26-21(22)30-20)8-27-35(3,32)23-2/h4-5,7,9-10,24H,6,8H2,1-3H3,(H,28,31)(H,23,27,32)/t10-,35?/m1/s1. The summed E-state index contributed by atoms with van der Waals surface area (Å²) in [5.41, 5.74) is 2.54. The molecule has 0 spiro atoms. The van der Waals surface area contributed by atoms with Gasteiger partial charge in [0.15, 0.2) is 0 Å². The van der Waals surface area contributed by atoms with Gasteiger partial charge in [-0.1, -0.05) is 0 Å². The normalized spacial score (nSPS) is 17.3. The third-order valence-corrected chi connectivity index (χ3v) is 8.10. The Kier molecular flexibility index (Phi) is 6.17. The Balaban J connectivity index is 1.52. The van der Waals surface area contributed by atoms with E-state index in [1.807, 2.05) is 19.1 Å². The molecule has 0 radical (unpaired) electrons. The van der Waals surface area contributed by atoms with E-state index in [4.69, 9.17) is 16.3 Å². The van der Waals surface area contributed by atoms with Gasteiger partial charge in [-0.3, -0.25) is 4.79 Å². The van der Waals surface area contributed by atoms with E-state index in [9.17, 15) is 9.00 Å². The fourth-order valence-corrected chi connectivity index (χ4v) is 5.34. The zero-order valence-electron chi connectivity index (χ0n) is 19.0. The van der Waals surface area contributed by atoms with Gasteiger partial charge in [-0.2, -0.15) is 4.98 Å². The highest BCUT2D eigenvalue weighted by Gasteiger charge is 2.25. The van der Waals surface area contributed by atoms with Gasteiger partial charge < -0.3 is 15.4 Å². The fourth-order valence-electron chi connectivity index (χ4n) is 3.58. The van der Waals surface area contributed by atoms with E-state index in [0.717, 1.165) is 15.8 Å². The van der Waals surface area contributed by atoms with Gasteiger partial charge in [-0.25, -0.2) is 28.2 Å². The van der Waals surface area contributed by atoms with Gasteiger partial charge in [-0.15, -0.1) is 11.3 Å². The second-order valence-corrected chi connectivity index (χ2v) is 11.6. The maximum atomic E-state index is 12.6. The molecule has 1 aliphatic heterocycles. The minimum atomic E-state index is -2.56. The topological polar surface area (TPSA) is 143 Å². The van der Waals surface area contributed by atoms with Crippen LogP contribution in [-0.2, 0) is 16.5 Å². The number of anilines is 1. The molecule has 3 aromatic heterocycles. The minimum Gasteiger partial charge on any atom is -0.418 e. The number of ether oxygens (including phenoxy) is 1. The summed E-state index contributed by atoms with van der Waals surface area (Å²) in [5.74, 6) is 0.259. The van der Waals surface area contributed by atoms with E-state index in [2.05, 4.69) is 39.7 Å². The van der Waals surface area contributed by atoms with Crippen molar-refractivity contribution >= 4 is 65.6 Å². The molecule has 2 atom stereocenters. The van der Waals surface area contributed by atoms with Crippen molar-refractivity contribution in [1.29, 1.82) is 0 Å². The van der Waals surface area contributed by atoms with Gasteiger partial charge in [0.2, 0.25) is 17.0 Å². The van der Waals surface area contributed by atoms with Crippen LogP contribution < -0.4 is 20.1 Å². The van der Waals surface area contributed by atoms with Crippen LogP contribution >= 0.6 is 22.9 Å². The summed E-state index contributed by atoms with van der Waals surface area (Å²) in [6, 6.07) is 3.75. The van der Waals surface area contributed by atoms with Crippen molar-refractivity contribution in [2.45, 2.75) is 19.5 Å². The molecule has 0 fully saturated rings. The first kappa shape index (κ1) is 23.6. The number of nitrogens with zero attached hydrogens (tertiary/aromatic N) is 5. The van der Waals surface area contributed by atoms with Gasteiger partial charge in [0.25, 0.3) is 5.91 Å². The maximum Gasteiger partial charge on any atom is 0.263 e. The molecule has 1 aliphatic rings. The zero-order valence-corrected chi connectivity index (χ0v) is 21.3. The number of nitrogens with one attached hydrogen (secondary N) is 3. The number of carbonyl (C=O) groups is 1. The largest absolute Gasteiger partial charge is 0.418 e. The Bertz CT molecular complexity index is 1600. The van der Waals surface area contributed by atoms with Gasteiger partial charge >= 0.3 is 0 Å². The number of aromatic nitrogens is 4. The van der Waals surface area contributed by atoms with Crippen LogP contribution in [0.15, 0.2) is 28.9 Å². The molecular formula is C21H21ClN8O3S2. The average molecular weight is 533 g/mol. The lowest BCUT2D eigenvalue weighted by atomic mass is 10.1. The molecule has 1 aromatic carbocycles. The molecule has 1 unspecified atom stereocenters. The maximum absolute atomic E-state index is 12.6. The number of hydrogen-bond acceptors (Lipinski definition) is 10. The lowest BCUT2D eigenvalue weighted by molar-refractivity contribution is 0.0949. The van der Waals surface area contributed by atoms with Crippen molar-refractivity contribution in [3.8, 4) is 11.8 Å². The third kappa shape index (κ3) is 4.72. The van der Waals surface area contributed by atoms with E-state index < -0.39 is 9.92 Å². The zero-order chi connectivity index (χ0) is 24.7. The minimum absolute atomic E-state index is 0.00355. The summed E-state index contributed by atoms with van der Waals surface area (Å²) in [5, 5.41) is 7.20. The Morgan fingerprint density at radius 1 is 1.31 bits per heavy atom. The summed E-state index contributed by atoms with van der Waals surface area (Å²) >= 11 is 7.39. The number of rotatable bonds is 5. The lowest BCUT2D eigenvalue weighted by Gasteiger charge is -2.11. The quantitative estimate of drug-likeness (QED) is 0.332. The number of halogens is 1. The van der Waals surface area contributed by atoms with E-state index in [1.165, 1.54) is 37.0 Å². The molecule has 3 N–H and O–H groups in total. The number of hydrogen-bond donors (Lipinski definition) is 3. The molecule has 0 saturated heterocycles. The van der Waals surface area contributed by atoms with Crippen molar-refractivity contribution in [2.75, 3.05) is 25.2 Å². The van der Waals surface area contributed by atoms with E-state index in [-0.39, 0.29) is 35.5 Å². The van der Waals surface area contributed by atoms with Crippen molar-refractivity contribution in [3.05, 3.63) is 40.3 Å². The van der Waals surface area contributed by atoms with Gasteiger partial charge in [-0.05, 0) is 30.7 Å². The second kappa shape index (κ2) is 9.15. The van der Waals surface area contributed by atoms with Crippen molar-refractivity contribution in [2.24, 2.45) is 4.36 Å². The third-order valence-electron chi connectivity index (χ3n) is 5.39. The Morgan fingerprint density at radius 2 is 2.14 bits per heavy atom. The Hall–Kier alpha value is -3.13. The summed E-state index contributed by atoms with van der Waals surface area (Å²) < 4.78 is 25.7. The highest BCUT2D eigenvalue weighted by atomic mass is 35.5. The number of amides is 1. The number of carbonyl (C=O) groups excluding carboxylic acids is 1. The van der Waals surface area contributed by atoms with Crippen molar-refractivity contribution < 1.29 is 13.7 Å². The van der Waals surface area contributed by atoms with Gasteiger partial charge in [0, 0.05) is 54.3 Å². The van der Waals surface area contributed by atoms with E-state index in [1.54, 1.807) is 0 Å². The van der Waals surface area contributed by atoms with Crippen LogP contribution in [0.25, 0.3) is 21.1 Å². The van der Waals surface area contributed by atoms with Crippen LogP contribution in [0, 0.1) is 0 Å². The molecule has 1 amide bonds. The van der Waals surface area contributed by atoms with Gasteiger partial charge in [0.05, 0.1) is 22.9 Å². The summed E-state index contributed by atoms with van der Waals surface area (Å²) in [6.07, 6.45) is 4.46. The first-order valence-corrected chi connectivity index (χ1v) is 13.7. The molecule has 5 rings (SSSR count). The van der Waals surface area contributed by atoms with Crippen LogP contribution in [0.2, 0.25) is 5.28 Å². The van der Waals surface area contributed by atoms with Crippen molar-refractivity contribution in [3.63, 3.8) is 0 Å². The van der Waals surface area contributed by atoms with Crippen LogP contribution in [-0.4, -0.2) is 55.9 Å². The molecule has 4 heterocycles. The Labute approximate surface area is 210 Å². The summed E-state index contributed by atoms with van der Waals surface area (Å²) in [7, 11) is -1.09. The molecule has 14 heteroatoms. The molecule has 182 valence electrons. The van der Waals surface area contributed by atoms with Crippen LogP contribution in [0.5, 0.6) is 11.8 Å². The van der Waals surface area contributed by atoms with E-state index >= 15 is 0 Å². The molecule has 0 bridgehead atoms. The molecule has 35 heavy (non-hydrogen) atoms. The molecule has 0 saturated carbocycles. The molecule has 11 nitrogen and oxygen atoms in total. The smallest absolute Gasteiger partial charge is 0.263 e. The Morgan fingerprint density at radius 3 is 2.94 bits per heavy atom. The van der Waals surface area contributed by atoms with Crippen LogP contribution in [0.4, 0.5) is 5.69 Å². The summed E-state index contributed by atoms with van der Waals surface area (Å²) in [4.78, 5) is 30.6. The predicted molar refractivity (Wildman–Crippen MR) is 137 cm³/mol. The lowest BCUT2D eigenvalue weighted by Crippen LogP contribution is -2.34. The summed E-state index contributed by atoms with van der Waals surface area (Å²) in [6.45, 7) is 2.70. The number of benzene rings is 1. The first-order chi connectivity index (χ1) is 16.7. The van der Waals surface area contributed by atoms with Gasteiger partial charge in [0.1, 0.15) is 14.8 Å². The van der Waals surface area contributed by atoms with Crippen LogP contribution in [0.1, 0.15) is 22.2 Å². The number of fused-ring (bicyclic) bond motifs is 5.